The van der Waals surface area contributed by atoms with Crippen LogP contribution in [0, 0.1) is 12.7 Å². The molecule has 0 fully saturated rings. The largest absolute Gasteiger partial charge is 0.469 e. The molecule has 4 heteroatoms. The number of halogens is 2. The van der Waals surface area contributed by atoms with E-state index < -0.39 is 5.82 Å². The van der Waals surface area contributed by atoms with Crippen molar-refractivity contribution in [3.63, 3.8) is 0 Å². The van der Waals surface area contributed by atoms with E-state index >= 15 is 0 Å². The van der Waals surface area contributed by atoms with Crippen molar-refractivity contribution in [2.45, 2.75) is 13.3 Å². The lowest BCUT2D eigenvalue weighted by molar-refractivity contribution is 0.0991. The summed E-state index contributed by atoms with van der Waals surface area (Å²) in [5.74, 6) is -0.0906. The fourth-order valence-electron chi connectivity index (χ4n) is 1.63. The summed E-state index contributed by atoms with van der Waals surface area (Å²) in [7, 11) is 0. The predicted octanol–water partition coefficient (Wildman–Crippen LogP) is 3.81. The lowest BCUT2D eigenvalue weighted by Gasteiger charge is -2.03. The summed E-state index contributed by atoms with van der Waals surface area (Å²) >= 11 is 5.79. The SMILES string of the molecule is Cc1occc1C(=O)Cc1cccc(F)c1Cl. The average molecular weight is 253 g/mol. The van der Waals surface area contributed by atoms with Gasteiger partial charge in [0.15, 0.2) is 5.78 Å². The summed E-state index contributed by atoms with van der Waals surface area (Å²) in [4.78, 5) is 11.9. The summed E-state index contributed by atoms with van der Waals surface area (Å²) in [6.45, 7) is 1.71. The Morgan fingerprint density at radius 1 is 1.41 bits per heavy atom. The van der Waals surface area contributed by atoms with Crippen LogP contribution in [0.25, 0.3) is 0 Å². The minimum Gasteiger partial charge on any atom is -0.469 e. The Balaban J connectivity index is 2.25. The van der Waals surface area contributed by atoms with E-state index in [1.165, 1.54) is 18.4 Å². The lowest BCUT2D eigenvalue weighted by atomic mass is 10.0. The highest BCUT2D eigenvalue weighted by molar-refractivity contribution is 6.31. The molecule has 88 valence electrons. The zero-order chi connectivity index (χ0) is 12.4. The maximum atomic E-state index is 13.2. The van der Waals surface area contributed by atoms with Crippen LogP contribution in [0.3, 0.4) is 0 Å². The summed E-state index contributed by atoms with van der Waals surface area (Å²) in [6.07, 6.45) is 1.52. The maximum Gasteiger partial charge on any atom is 0.170 e. The first-order valence-electron chi connectivity index (χ1n) is 5.10. The molecule has 0 atom stereocenters. The van der Waals surface area contributed by atoms with Gasteiger partial charge in [-0.1, -0.05) is 23.7 Å². The van der Waals surface area contributed by atoms with Crippen molar-refractivity contribution >= 4 is 17.4 Å². The lowest BCUT2D eigenvalue weighted by Crippen LogP contribution is -2.04. The van der Waals surface area contributed by atoms with Crippen LogP contribution in [-0.2, 0) is 6.42 Å². The Morgan fingerprint density at radius 3 is 2.82 bits per heavy atom. The van der Waals surface area contributed by atoms with Gasteiger partial charge < -0.3 is 4.42 Å². The van der Waals surface area contributed by atoms with E-state index in [2.05, 4.69) is 0 Å². The Morgan fingerprint density at radius 2 is 2.18 bits per heavy atom. The van der Waals surface area contributed by atoms with E-state index in [9.17, 15) is 9.18 Å². The van der Waals surface area contributed by atoms with Gasteiger partial charge in [0.1, 0.15) is 11.6 Å². The van der Waals surface area contributed by atoms with Gasteiger partial charge in [0.25, 0.3) is 0 Å². The molecule has 1 aromatic heterocycles. The zero-order valence-corrected chi connectivity index (χ0v) is 9.92. The van der Waals surface area contributed by atoms with Gasteiger partial charge in [-0.3, -0.25) is 4.79 Å². The van der Waals surface area contributed by atoms with Crippen LogP contribution in [0.5, 0.6) is 0 Å². The summed E-state index contributed by atoms with van der Waals surface area (Å²) in [5, 5.41) is 0.00185. The van der Waals surface area contributed by atoms with Gasteiger partial charge in [0, 0.05) is 6.42 Å². The molecule has 1 heterocycles. The number of hydrogen-bond acceptors (Lipinski definition) is 2. The molecule has 0 radical (unpaired) electrons. The topological polar surface area (TPSA) is 30.2 Å². The molecule has 0 spiro atoms. The van der Waals surface area contributed by atoms with Crippen molar-refractivity contribution in [3.05, 3.63) is 58.3 Å². The van der Waals surface area contributed by atoms with Crippen molar-refractivity contribution in [1.82, 2.24) is 0 Å². The number of Topliss-reactive ketones (excluding diaryl/α,β-unsaturated/α-hetero) is 1. The minimum absolute atomic E-state index is 0.00185. The summed E-state index contributed by atoms with van der Waals surface area (Å²) in [5.41, 5.74) is 0.989. The molecule has 0 aliphatic heterocycles. The van der Waals surface area contributed by atoms with Crippen molar-refractivity contribution in [2.75, 3.05) is 0 Å². The molecule has 0 saturated carbocycles. The molecule has 1 aromatic carbocycles. The first-order valence-corrected chi connectivity index (χ1v) is 5.47. The predicted molar refractivity (Wildman–Crippen MR) is 62.9 cm³/mol. The van der Waals surface area contributed by atoms with E-state index in [0.717, 1.165) is 0 Å². The Kier molecular flexibility index (Phi) is 3.29. The van der Waals surface area contributed by atoms with Crippen LogP contribution < -0.4 is 0 Å². The summed E-state index contributed by atoms with van der Waals surface area (Å²) in [6, 6.07) is 6.04. The minimum atomic E-state index is -0.513. The highest BCUT2D eigenvalue weighted by Crippen LogP contribution is 2.22. The second-order valence-electron chi connectivity index (χ2n) is 3.70. The van der Waals surface area contributed by atoms with E-state index in [1.807, 2.05) is 0 Å². The molecule has 0 aliphatic carbocycles. The number of rotatable bonds is 3. The molecule has 2 rings (SSSR count). The number of aryl methyl sites for hydroxylation is 1. The van der Waals surface area contributed by atoms with Crippen molar-refractivity contribution in [2.24, 2.45) is 0 Å². The van der Waals surface area contributed by atoms with Gasteiger partial charge in [-0.05, 0) is 24.6 Å². The highest BCUT2D eigenvalue weighted by Gasteiger charge is 2.15. The molecule has 0 saturated heterocycles. The zero-order valence-electron chi connectivity index (χ0n) is 9.17. The molecule has 0 unspecified atom stereocenters. The van der Waals surface area contributed by atoms with Crippen LogP contribution in [0.4, 0.5) is 4.39 Å². The summed E-state index contributed by atoms with van der Waals surface area (Å²) < 4.78 is 18.2. The van der Waals surface area contributed by atoms with Crippen molar-refractivity contribution in [3.8, 4) is 0 Å². The number of ketones is 1. The standard InChI is InChI=1S/C13H10ClFO2/c1-8-10(5-6-17-8)12(16)7-9-3-2-4-11(15)13(9)14/h2-6H,7H2,1H3. The van der Waals surface area contributed by atoms with Gasteiger partial charge >= 0.3 is 0 Å². The van der Waals surface area contributed by atoms with Crippen LogP contribution in [0.15, 0.2) is 34.9 Å². The van der Waals surface area contributed by atoms with E-state index in [1.54, 1.807) is 19.1 Å². The third-order valence-electron chi connectivity index (χ3n) is 2.54. The fraction of sp³-hybridized carbons (Fsp3) is 0.154. The van der Waals surface area contributed by atoms with Crippen LogP contribution in [0.2, 0.25) is 5.02 Å². The molecule has 2 aromatic rings. The van der Waals surface area contributed by atoms with Crippen LogP contribution in [-0.4, -0.2) is 5.78 Å². The Labute approximate surface area is 103 Å². The van der Waals surface area contributed by atoms with Crippen molar-refractivity contribution < 1.29 is 13.6 Å². The average Bonchev–Trinajstić information content (AvgIpc) is 2.71. The second kappa shape index (κ2) is 4.72. The molecule has 0 bridgehead atoms. The Bertz CT molecular complexity index is 560. The number of benzene rings is 1. The molecule has 0 aliphatic rings. The van der Waals surface area contributed by atoms with E-state index in [-0.39, 0.29) is 17.2 Å². The third-order valence-corrected chi connectivity index (χ3v) is 2.97. The van der Waals surface area contributed by atoms with Gasteiger partial charge in [0.05, 0.1) is 16.8 Å². The highest BCUT2D eigenvalue weighted by atomic mass is 35.5. The van der Waals surface area contributed by atoms with Gasteiger partial charge in [-0.2, -0.15) is 0 Å². The molecular formula is C13H10ClFO2. The first kappa shape index (κ1) is 11.9. The second-order valence-corrected chi connectivity index (χ2v) is 4.08. The number of hydrogen-bond donors (Lipinski definition) is 0. The first-order chi connectivity index (χ1) is 8.09. The van der Waals surface area contributed by atoms with Crippen LogP contribution in [0.1, 0.15) is 21.7 Å². The fourth-order valence-corrected chi connectivity index (χ4v) is 1.82. The van der Waals surface area contributed by atoms with E-state index in [4.69, 9.17) is 16.0 Å². The van der Waals surface area contributed by atoms with Crippen molar-refractivity contribution in [1.29, 1.82) is 0 Å². The number of carbonyl (C=O) groups excluding carboxylic acids is 1. The molecule has 2 nitrogen and oxygen atoms in total. The monoisotopic (exact) mass is 252 g/mol. The number of furan rings is 1. The Hall–Kier alpha value is -1.61. The van der Waals surface area contributed by atoms with Gasteiger partial charge in [0.2, 0.25) is 0 Å². The quantitative estimate of drug-likeness (QED) is 0.778. The van der Waals surface area contributed by atoms with E-state index in [0.29, 0.717) is 16.9 Å². The molecule has 0 N–H and O–H groups in total. The number of carbonyl (C=O) groups is 1. The van der Waals surface area contributed by atoms with Crippen LogP contribution >= 0.6 is 11.6 Å². The normalized spacial score (nSPS) is 10.5. The smallest absolute Gasteiger partial charge is 0.170 e. The molecular weight excluding hydrogens is 243 g/mol. The molecule has 17 heavy (non-hydrogen) atoms. The van der Waals surface area contributed by atoms with Gasteiger partial charge in [-0.15, -0.1) is 0 Å². The molecule has 0 amide bonds. The third kappa shape index (κ3) is 2.39. The van der Waals surface area contributed by atoms with Gasteiger partial charge in [-0.25, -0.2) is 4.39 Å². The maximum absolute atomic E-state index is 13.2.